The van der Waals surface area contributed by atoms with Crippen LogP contribution in [0.3, 0.4) is 0 Å². The smallest absolute Gasteiger partial charge is 0.266 e. The van der Waals surface area contributed by atoms with Gasteiger partial charge in [0.15, 0.2) is 0 Å². The van der Waals surface area contributed by atoms with Crippen molar-refractivity contribution in [3.8, 4) is 0 Å². The molecule has 1 aliphatic rings. The third-order valence-corrected chi connectivity index (χ3v) is 5.28. The summed E-state index contributed by atoms with van der Waals surface area (Å²) in [5.74, 6) is 0.852. The quantitative estimate of drug-likeness (QED) is 0.930. The molecular formula is C16H26N2O2S. The molecule has 1 aliphatic heterocycles. The number of carbonyl (C=O) groups is 1. The molecule has 2 atom stereocenters. The Morgan fingerprint density at radius 3 is 2.81 bits per heavy atom. The number of piperidine rings is 1. The van der Waals surface area contributed by atoms with Gasteiger partial charge in [-0.05, 0) is 38.5 Å². The zero-order chi connectivity index (χ0) is 15.6. The molecule has 2 rings (SSSR count). The molecule has 4 nitrogen and oxygen atoms in total. The molecule has 1 N–H and O–H groups in total. The van der Waals surface area contributed by atoms with Crippen LogP contribution in [0.25, 0.3) is 0 Å². The molecule has 118 valence electrons. The molecule has 0 aromatic carbocycles. The van der Waals surface area contributed by atoms with Crippen LogP contribution in [0, 0.1) is 18.8 Å². The number of aromatic nitrogens is 1. The molecule has 0 bridgehead atoms. The van der Waals surface area contributed by atoms with Gasteiger partial charge in [0.1, 0.15) is 4.88 Å². The normalized spacial score (nSPS) is 22.9. The first kappa shape index (κ1) is 16.4. The van der Waals surface area contributed by atoms with Gasteiger partial charge < -0.3 is 10.0 Å². The maximum Gasteiger partial charge on any atom is 0.266 e. The molecule has 2 heterocycles. The average Bonchev–Trinajstić information content (AvgIpc) is 2.78. The second kappa shape index (κ2) is 6.88. The Kier molecular flexibility index (Phi) is 5.38. The van der Waals surface area contributed by atoms with E-state index in [4.69, 9.17) is 0 Å². The van der Waals surface area contributed by atoms with Crippen molar-refractivity contribution in [2.75, 3.05) is 13.2 Å². The lowest BCUT2D eigenvalue weighted by atomic mass is 9.94. The van der Waals surface area contributed by atoms with Crippen molar-refractivity contribution in [1.82, 2.24) is 9.88 Å². The first-order valence-electron chi connectivity index (χ1n) is 7.80. The van der Waals surface area contributed by atoms with Gasteiger partial charge in [-0.15, -0.1) is 11.3 Å². The first-order chi connectivity index (χ1) is 9.92. The number of likely N-dealkylation sites (tertiary alicyclic amines) is 1. The average molecular weight is 310 g/mol. The molecule has 0 aliphatic carbocycles. The summed E-state index contributed by atoms with van der Waals surface area (Å²) < 4.78 is 0. The van der Waals surface area contributed by atoms with E-state index < -0.39 is 0 Å². The fraction of sp³-hybridized carbons (Fsp3) is 0.750. The molecule has 1 aromatic heterocycles. The van der Waals surface area contributed by atoms with Gasteiger partial charge in [0, 0.05) is 25.6 Å². The number of hydrogen-bond donors (Lipinski definition) is 1. The van der Waals surface area contributed by atoms with Gasteiger partial charge in [-0.3, -0.25) is 4.79 Å². The highest BCUT2D eigenvalue weighted by molar-refractivity contribution is 7.13. The number of nitrogens with zero attached hydrogens (tertiary/aromatic N) is 2. The zero-order valence-electron chi connectivity index (χ0n) is 13.4. The first-order valence-corrected chi connectivity index (χ1v) is 8.62. The summed E-state index contributed by atoms with van der Waals surface area (Å²) >= 11 is 1.54. The lowest BCUT2D eigenvalue weighted by Gasteiger charge is -2.37. The van der Waals surface area contributed by atoms with Crippen LogP contribution in [0.5, 0.6) is 0 Å². The van der Waals surface area contributed by atoms with Crippen LogP contribution in [0.1, 0.15) is 54.0 Å². The van der Waals surface area contributed by atoms with Crippen LogP contribution in [-0.4, -0.2) is 40.1 Å². The van der Waals surface area contributed by atoms with E-state index in [1.807, 2.05) is 11.8 Å². The fourth-order valence-corrected chi connectivity index (χ4v) is 4.06. The van der Waals surface area contributed by atoms with E-state index >= 15 is 0 Å². The summed E-state index contributed by atoms with van der Waals surface area (Å²) in [6.07, 6.45) is 2.89. The predicted octanol–water partition coefficient (Wildman–Crippen LogP) is 2.88. The van der Waals surface area contributed by atoms with Gasteiger partial charge in [-0.2, -0.15) is 0 Å². The van der Waals surface area contributed by atoms with Crippen molar-refractivity contribution >= 4 is 17.2 Å². The minimum absolute atomic E-state index is 0.0886. The highest BCUT2D eigenvalue weighted by Crippen LogP contribution is 2.27. The molecule has 1 amide bonds. The second-order valence-electron chi connectivity index (χ2n) is 6.55. The van der Waals surface area contributed by atoms with Crippen molar-refractivity contribution in [3.63, 3.8) is 0 Å². The number of aliphatic hydroxyl groups excluding tert-OH is 1. The van der Waals surface area contributed by atoms with E-state index in [2.05, 4.69) is 25.8 Å². The van der Waals surface area contributed by atoms with Gasteiger partial charge in [-0.1, -0.05) is 13.8 Å². The van der Waals surface area contributed by atoms with E-state index in [1.165, 1.54) is 11.3 Å². The Labute approximate surface area is 131 Å². The predicted molar refractivity (Wildman–Crippen MR) is 85.7 cm³/mol. The number of aryl methyl sites for hydroxylation is 1. The van der Waals surface area contributed by atoms with Crippen LogP contribution in [0.4, 0.5) is 0 Å². The lowest BCUT2D eigenvalue weighted by Crippen LogP contribution is -2.46. The Morgan fingerprint density at radius 1 is 1.48 bits per heavy atom. The number of hydrogen-bond acceptors (Lipinski definition) is 4. The van der Waals surface area contributed by atoms with Crippen LogP contribution in [-0.2, 0) is 6.42 Å². The van der Waals surface area contributed by atoms with E-state index in [0.29, 0.717) is 12.5 Å². The summed E-state index contributed by atoms with van der Waals surface area (Å²) in [5, 5.41) is 10.4. The summed E-state index contributed by atoms with van der Waals surface area (Å²) in [5.41, 5.74) is 0.846. The third kappa shape index (κ3) is 3.83. The zero-order valence-corrected chi connectivity index (χ0v) is 14.2. The number of carbonyl (C=O) groups excluding carboxylic acids is 1. The summed E-state index contributed by atoms with van der Waals surface area (Å²) in [4.78, 5) is 20.1. The summed E-state index contributed by atoms with van der Waals surface area (Å²) in [6.45, 7) is 9.17. The van der Waals surface area contributed by atoms with Crippen molar-refractivity contribution in [2.24, 2.45) is 11.8 Å². The Balaban J connectivity index is 2.16. The highest BCUT2D eigenvalue weighted by Gasteiger charge is 2.31. The molecule has 1 saturated heterocycles. The number of aliphatic hydroxyl groups is 1. The molecule has 0 spiro atoms. The number of thiazole rings is 1. The van der Waals surface area contributed by atoms with Crippen molar-refractivity contribution in [3.05, 3.63) is 15.6 Å². The number of amides is 1. The van der Waals surface area contributed by atoms with Crippen LogP contribution in [0.2, 0.25) is 0 Å². The fourth-order valence-electron chi connectivity index (χ4n) is 2.83. The highest BCUT2D eigenvalue weighted by atomic mass is 32.1. The van der Waals surface area contributed by atoms with Gasteiger partial charge >= 0.3 is 0 Å². The van der Waals surface area contributed by atoms with Gasteiger partial charge in [0.05, 0.1) is 10.7 Å². The monoisotopic (exact) mass is 310 g/mol. The molecule has 5 heteroatoms. The summed E-state index contributed by atoms with van der Waals surface area (Å²) in [6, 6.07) is 0.246. The molecule has 0 radical (unpaired) electrons. The summed E-state index contributed by atoms with van der Waals surface area (Å²) in [7, 11) is 0. The standard InChI is InChI=1S/C16H26N2O2S/c1-10(2)7-14-17-12(4)15(21-14)16(20)18-8-13(9-19)6-5-11(18)3/h10-11,13,19H,5-9H2,1-4H3. The molecular weight excluding hydrogens is 284 g/mol. The maximum atomic E-state index is 12.8. The van der Waals surface area contributed by atoms with E-state index in [1.54, 1.807) is 0 Å². The van der Waals surface area contributed by atoms with Crippen molar-refractivity contribution in [1.29, 1.82) is 0 Å². The molecule has 1 aromatic rings. The molecule has 1 fully saturated rings. The van der Waals surface area contributed by atoms with E-state index in [0.717, 1.165) is 34.8 Å². The van der Waals surface area contributed by atoms with Crippen LogP contribution in [0.15, 0.2) is 0 Å². The molecule has 21 heavy (non-hydrogen) atoms. The maximum absolute atomic E-state index is 12.8. The minimum Gasteiger partial charge on any atom is -0.396 e. The largest absolute Gasteiger partial charge is 0.396 e. The number of rotatable bonds is 4. The van der Waals surface area contributed by atoms with Crippen molar-refractivity contribution in [2.45, 2.75) is 53.0 Å². The molecule has 0 saturated carbocycles. The van der Waals surface area contributed by atoms with Gasteiger partial charge in [-0.25, -0.2) is 4.98 Å². The third-order valence-electron chi connectivity index (χ3n) is 4.12. The van der Waals surface area contributed by atoms with Crippen LogP contribution < -0.4 is 0 Å². The SMILES string of the molecule is Cc1nc(CC(C)C)sc1C(=O)N1CC(CO)CCC1C. The minimum atomic E-state index is 0.0886. The second-order valence-corrected chi connectivity index (χ2v) is 7.64. The Morgan fingerprint density at radius 2 is 2.19 bits per heavy atom. The lowest BCUT2D eigenvalue weighted by molar-refractivity contribution is 0.0492. The van der Waals surface area contributed by atoms with Gasteiger partial charge in [0.25, 0.3) is 5.91 Å². The Bertz CT molecular complexity index is 498. The van der Waals surface area contributed by atoms with Crippen LogP contribution >= 0.6 is 11.3 Å². The Hall–Kier alpha value is -0.940. The van der Waals surface area contributed by atoms with E-state index in [9.17, 15) is 9.90 Å². The molecule has 2 unspecified atom stereocenters. The van der Waals surface area contributed by atoms with E-state index in [-0.39, 0.29) is 24.5 Å². The topological polar surface area (TPSA) is 53.4 Å². The van der Waals surface area contributed by atoms with Gasteiger partial charge in [0.2, 0.25) is 0 Å². The van der Waals surface area contributed by atoms with Crippen molar-refractivity contribution < 1.29 is 9.90 Å².